The molecule has 0 saturated carbocycles. The Kier molecular flexibility index (Phi) is 29.5. The molecule has 0 aliphatic carbocycles. The van der Waals surface area contributed by atoms with Crippen molar-refractivity contribution < 1.29 is 142 Å². The molecule has 0 aliphatic heterocycles. The zero-order valence-electron chi connectivity index (χ0n) is 9.05. The standard InChI is InChI=1S/3C2H2O4.2Pr/c3*3-1(4)2(5)6;;/h3*(H,3,4)(H,5,6);;/q;;;2*+3/p-6. The molecular weight excluding hydrogens is 546 g/mol. The van der Waals surface area contributed by atoms with Gasteiger partial charge in [-0.2, -0.15) is 0 Å². The molecule has 0 radical (unpaired) electrons. The molecule has 0 bridgehead atoms. The van der Waals surface area contributed by atoms with Crippen molar-refractivity contribution in [3.8, 4) is 0 Å². The van der Waals surface area contributed by atoms with Crippen molar-refractivity contribution in [2.75, 3.05) is 0 Å². The van der Waals surface area contributed by atoms with Crippen LogP contribution in [-0.4, -0.2) is 35.8 Å². The Morgan fingerprint density at radius 2 is 0.400 bits per heavy atom. The van der Waals surface area contributed by atoms with Gasteiger partial charge in [0.15, 0.2) is 0 Å². The van der Waals surface area contributed by atoms with E-state index in [1.165, 1.54) is 0 Å². The second-order valence-corrected chi connectivity index (χ2v) is 1.72. The van der Waals surface area contributed by atoms with Gasteiger partial charge in [0.1, 0.15) is 0 Å². The monoisotopic (exact) mass is 546 g/mol. The fourth-order valence-electron chi connectivity index (χ4n) is 0. The van der Waals surface area contributed by atoms with Gasteiger partial charge in [0, 0.05) is 0 Å². The molecule has 0 spiro atoms. The van der Waals surface area contributed by atoms with E-state index in [2.05, 4.69) is 0 Å². The van der Waals surface area contributed by atoms with E-state index in [0.717, 1.165) is 0 Å². The number of carbonyl (C=O) groups excluding carboxylic acids is 6. The Labute approximate surface area is 175 Å². The molecule has 12 nitrogen and oxygen atoms in total. The number of aliphatic carboxylic acids is 6. The number of carbonyl (C=O) groups is 6. The normalized spacial score (nSPS) is 6.60. The van der Waals surface area contributed by atoms with Crippen molar-refractivity contribution >= 4 is 35.8 Å². The molecular formula is C6O12Pr2. The van der Waals surface area contributed by atoms with Gasteiger partial charge in [0.2, 0.25) is 0 Å². The largest absolute Gasteiger partial charge is 3.00 e. The SMILES string of the molecule is O=C([O-])C(=O)[O-].O=C([O-])C(=O)[O-].O=C([O-])C(=O)[O-].[Pr+3].[Pr+3]. The molecule has 0 aliphatic rings. The summed E-state index contributed by atoms with van der Waals surface area (Å²) in [5, 5.41) is 53.6. The predicted molar refractivity (Wildman–Crippen MR) is 30.0 cm³/mol. The van der Waals surface area contributed by atoms with Gasteiger partial charge in [-0.05, 0) is 0 Å². The van der Waals surface area contributed by atoms with Crippen LogP contribution in [0.1, 0.15) is 0 Å². The van der Waals surface area contributed by atoms with E-state index in [9.17, 15) is 0 Å². The van der Waals surface area contributed by atoms with Crippen LogP contribution in [0, 0.1) is 82.6 Å². The van der Waals surface area contributed by atoms with Crippen LogP contribution in [0.3, 0.4) is 0 Å². The number of hydrogen-bond acceptors (Lipinski definition) is 12. The zero-order chi connectivity index (χ0) is 15.5. The summed E-state index contributed by atoms with van der Waals surface area (Å²) in [7, 11) is 0. The third-order valence-corrected chi connectivity index (χ3v) is 0.500. The predicted octanol–water partition coefficient (Wildman–Crippen LogP) is -10.5. The van der Waals surface area contributed by atoms with Crippen molar-refractivity contribution in [3.63, 3.8) is 0 Å². The Balaban J connectivity index is -0.0000000536. The Morgan fingerprint density at radius 1 is 0.350 bits per heavy atom. The van der Waals surface area contributed by atoms with Crippen LogP contribution in [-0.2, 0) is 28.8 Å². The maximum atomic E-state index is 8.93. The van der Waals surface area contributed by atoms with E-state index >= 15 is 0 Å². The summed E-state index contributed by atoms with van der Waals surface area (Å²) in [6.45, 7) is 0. The molecule has 0 amide bonds. The van der Waals surface area contributed by atoms with Crippen molar-refractivity contribution in [1.82, 2.24) is 0 Å². The average Bonchev–Trinajstić information content (AvgIpc) is 2.18. The maximum absolute atomic E-state index is 8.93. The Morgan fingerprint density at radius 3 is 0.400 bits per heavy atom. The Hall–Kier alpha value is -0.453. The topological polar surface area (TPSA) is 241 Å². The van der Waals surface area contributed by atoms with E-state index in [4.69, 9.17) is 59.4 Å². The van der Waals surface area contributed by atoms with Gasteiger partial charge in [-0.15, -0.1) is 0 Å². The maximum Gasteiger partial charge on any atom is 3.00 e. The fourth-order valence-corrected chi connectivity index (χ4v) is 0. The summed E-state index contributed by atoms with van der Waals surface area (Å²) in [4.78, 5) is 53.6. The second kappa shape index (κ2) is 18.5. The summed E-state index contributed by atoms with van der Waals surface area (Å²) in [6, 6.07) is 0. The minimum Gasteiger partial charge on any atom is -0.543 e. The van der Waals surface area contributed by atoms with Crippen LogP contribution in [0.5, 0.6) is 0 Å². The van der Waals surface area contributed by atoms with Crippen LogP contribution in [0.4, 0.5) is 0 Å². The molecule has 0 aromatic rings. The van der Waals surface area contributed by atoms with E-state index in [1.807, 2.05) is 0 Å². The minimum absolute atomic E-state index is 0. The minimum atomic E-state index is -2.19. The van der Waals surface area contributed by atoms with Gasteiger partial charge in [-0.3, -0.25) is 0 Å². The average molecular weight is 546 g/mol. The third kappa shape index (κ3) is 36.0. The number of carboxylic acid groups (broad SMARTS) is 6. The summed E-state index contributed by atoms with van der Waals surface area (Å²) < 4.78 is 0. The number of hydrogen-bond donors (Lipinski definition) is 0. The first kappa shape index (κ1) is 31.8. The molecule has 20 heavy (non-hydrogen) atoms. The molecule has 0 rings (SSSR count). The van der Waals surface area contributed by atoms with Crippen LogP contribution in [0.25, 0.3) is 0 Å². The molecule has 14 heteroatoms. The fraction of sp³-hybridized carbons (Fsp3) is 0. The summed E-state index contributed by atoms with van der Waals surface area (Å²) in [6.07, 6.45) is 0. The summed E-state index contributed by atoms with van der Waals surface area (Å²) in [5.41, 5.74) is 0. The molecule has 0 aromatic heterocycles. The first-order valence-electron chi connectivity index (χ1n) is 3.20. The number of rotatable bonds is 0. The molecule has 0 N–H and O–H groups in total. The van der Waals surface area contributed by atoms with Gasteiger partial charge in [0.25, 0.3) is 0 Å². The van der Waals surface area contributed by atoms with E-state index in [0.29, 0.717) is 0 Å². The third-order valence-electron chi connectivity index (χ3n) is 0.500. The van der Waals surface area contributed by atoms with Crippen molar-refractivity contribution in [2.45, 2.75) is 0 Å². The molecule has 0 saturated heterocycles. The molecule has 102 valence electrons. The van der Waals surface area contributed by atoms with Crippen LogP contribution >= 0.6 is 0 Å². The smallest absolute Gasteiger partial charge is 0.543 e. The quantitative estimate of drug-likeness (QED) is 0.258. The van der Waals surface area contributed by atoms with Gasteiger partial charge < -0.3 is 59.4 Å². The van der Waals surface area contributed by atoms with E-state index in [1.54, 1.807) is 0 Å². The molecule has 0 unspecified atom stereocenters. The van der Waals surface area contributed by atoms with Gasteiger partial charge >= 0.3 is 82.6 Å². The van der Waals surface area contributed by atoms with Crippen molar-refractivity contribution in [3.05, 3.63) is 0 Å². The van der Waals surface area contributed by atoms with Crippen molar-refractivity contribution in [2.24, 2.45) is 0 Å². The molecule has 0 aromatic carbocycles. The van der Waals surface area contributed by atoms with Gasteiger partial charge in [-0.25, -0.2) is 0 Å². The molecule has 0 atom stereocenters. The van der Waals surface area contributed by atoms with Gasteiger partial charge in [0.05, 0.1) is 35.8 Å². The van der Waals surface area contributed by atoms with E-state index < -0.39 is 35.8 Å². The van der Waals surface area contributed by atoms with Crippen LogP contribution < -0.4 is 30.6 Å². The second-order valence-electron chi connectivity index (χ2n) is 1.72. The van der Waals surface area contributed by atoms with Gasteiger partial charge in [-0.1, -0.05) is 0 Å². The zero-order valence-corrected chi connectivity index (χ0v) is 16.5. The van der Waals surface area contributed by atoms with Crippen molar-refractivity contribution in [1.29, 1.82) is 0 Å². The number of carboxylic acids is 6. The summed E-state index contributed by atoms with van der Waals surface area (Å²) >= 11 is 0. The Bertz CT molecular complexity index is 281. The molecule has 0 fully saturated rings. The first-order chi connectivity index (χ1) is 7.93. The van der Waals surface area contributed by atoms with E-state index in [-0.39, 0.29) is 82.6 Å². The molecule has 0 heterocycles. The van der Waals surface area contributed by atoms with Crippen LogP contribution in [0.2, 0.25) is 0 Å². The van der Waals surface area contributed by atoms with Crippen LogP contribution in [0.15, 0.2) is 0 Å². The first-order valence-corrected chi connectivity index (χ1v) is 3.20. The summed E-state index contributed by atoms with van der Waals surface area (Å²) in [5.74, 6) is -13.1.